The number of hydrogen-bond acceptors (Lipinski definition) is 4. The molecular formula is C15H13ClO4. The first-order valence-corrected chi connectivity index (χ1v) is 6.60. The molecule has 5 heteroatoms. The van der Waals surface area contributed by atoms with E-state index in [4.69, 9.17) is 30.5 Å². The minimum absolute atomic E-state index is 0.258. The predicted molar refractivity (Wildman–Crippen MR) is 75.0 cm³/mol. The average Bonchev–Trinajstić information content (AvgIpc) is 2.93. The summed E-state index contributed by atoms with van der Waals surface area (Å²) in [5.41, 5.74) is 0. The van der Waals surface area contributed by atoms with Crippen molar-refractivity contribution < 1.29 is 18.9 Å². The lowest BCUT2D eigenvalue weighted by atomic mass is 10.3. The van der Waals surface area contributed by atoms with E-state index in [1.807, 2.05) is 30.3 Å². The third-order valence-electron chi connectivity index (χ3n) is 2.79. The number of benzene rings is 2. The predicted octanol–water partition coefficient (Wildman–Crippen LogP) is 3.53. The summed E-state index contributed by atoms with van der Waals surface area (Å²) < 4.78 is 21.6. The molecule has 0 fully saturated rings. The molecule has 0 saturated carbocycles. The lowest BCUT2D eigenvalue weighted by Crippen LogP contribution is -2.09. The molecule has 0 atom stereocenters. The van der Waals surface area contributed by atoms with Crippen molar-refractivity contribution in [2.45, 2.75) is 0 Å². The quantitative estimate of drug-likeness (QED) is 0.790. The van der Waals surface area contributed by atoms with Gasteiger partial charge in [-0.1, -0.05) is 23.7 Å². The van der Waals surface area contributed by atoms with Gasteiger partial charge < -0.3 is 18.9 Å². The first-order valence-electron chi connectivity index (χ1n) is 6.23. The van der Waals surface area contributed by atoms with Gasteiger partial charge in [-0.3, -0.25) is 0 Å². The second-order valence-electron chi connectivity index (χ2n) is 4.14. The number of fused-ring (bicyclic) bond motifs is 1. The van der Waals surface area contributed by atoms with Crippen molar-refractivity contribution in [2.24, 2.45) is 0 Å². The second kappa shape index (κ2) is 5.92. The first kappa shape index (κ1) is 12.9. The molecule has 0 amide bonds. The van der Waals surface area contributed by atoms with Gasteiger partial charge in [-0.2, -0.15) is 0 Å². The summed E-state index contributed by atoms with van der Waals surface area (Å²) in [6.07, 6.45) is 0. The lowest BCUT2D eigenvalue weighted by Gasteiger charge is -2.09. The maximum atomic E-state index is 5.99. The van der Waals surface area contributed by atoms with Gasteiger partial charge in [0, 0.05) is 6.07 Å². The first-order chi connectivity index (χ1) is 9.83. The zero-order chi connectivity index (χ0) is 13.8. The highest BCUT2D eigenvalue weighted by atomic mass is 35.5. The molecule has 104 valence electrons. The summed E-state index contributed by atoms with van der Waals surface area (Å²) >= 11 is 5.99. The summed E-state index contributed by atoms with van der Waals surface area (Å²) in [5.74, 6) is 2.82. The van der Waals surface area contributed by atoms with Crippen LogP contribution in [0.3, 0.4) is 0 Å². The smallest absolute Gasteiger partial charge is 0.231 e. The van der Waals surface area contributed by atoms with Crippen LogP contribution >= 0.6 is 11.6 Å². The molecule has 2 aromatic carbocycles. The molecule has 0 bridgehead atoms. The fourth-order valence-electron chi connectivity index (χ4n) is 1.84. The third-order valence-corrected chi connectivity index (χ3v) is 3.10. The van der Waals surface area contributed by atoms with Gasteiger partial charge in [-0.05, 0) is 24.3 Å². The Morgan fingerprint density at radius 1 is 0.950 bits per heavy atom. The van der Waals surface area contributed by atoms with E-state index in [1.54, 1.807) is 12.1 Å². The number of ether oxygens (including phenoxy) is 4. The van der Waals surface area contributed by atoms with Gasteiger partial charge in [0.05, 0.1) is 5.02 Å². The van der Waals surface area contributed by atoms with Crippen LogP contribution in [0.15, 0.2) is 42.5 Å². The van der Waals surface area contributed by atoms with Gasteiger partial charge in [0.1, 0.15) is 24.7 Å². The van der Waals surface area contributed by atoms with E-state index in [0.29, 0.717) is 29.7 Å². The zero-order valence-electron chi connectivity index (χ0n) is 10.7. The number of para-hydroxylation sites is 1. The van der Waals surface area contributed by atoms with E-state index in [0.717, 1.165) is 11.5 Å². The van der Waals surface area contributed by atoms with Crippen LogP contribution in [0.2, 0.25) is 5.02 Å². The normalized spacial score (nSPS) is 12.2. The molecule has 1 heterocycles. The standard InChI is InChI=1S/C15H13ClO4/c16-12-3-1-2-4-13(12)18-8-7-17-11-5-6-14-15(9-11)20-10-19-14/h1-6,9H,7-8,10H2. The molecule has 0 spiro atoms. The van der Waals surface area contributed by atoms with Crippen LogP contribution < -0.4 is 18.9 Å². The summed E-state index contributed by atoms with van der Waals surface area (Å²) in [6, 6.07) is 12.8. The lowest BCUT2D eigenvalue weighted by molar-refractivity contribution is 0.173. The zero-order valence-corrected chi connectivity index (χ0v) is 11.4. The number of hydrogen-bond donors (Lipinski definition) is 0. The van der Waals surface area contributed by atoms with Crippen molar-refractivity contribution in [3.8, 4) is 23.0 Å². The average molecular weight is 293 g/mol. The van der Waals surface area contributed by atoms with Gasteiger partial charge in [0.25, 0.3) is 0 Å². The summed E-state index contributed by atoms with van der Waals surface area (Å²) in [6.45, 7) is 1.09. The van der Waals surface area contributed by atoms with Gasteiger partial charge in [-0.15, -0.1) is 0 Å². The van der Waals surface area contributed by atoms with Crippen molar-refractivity contribution in [1.82, 2.24) is 0 Å². The second-order valence-corrected chi connectivity index (χ2v) is 4.55. The molecule has 3 rings (SSSR count). The number of rotatable bonds is 5. The van der Waals surface area contributed by atoms with Gasteiger partial charge in [0.2, 0.25) is 6.79 Å². The Hall–Kier alpha value is -2.07. The van der Waals surface area contributed by atoms with Crippen LogP contribution in [-0.4, -0.2) is 20.0 Å². The molecule has 0 unspecified atom stereocenters. The molecule has 20 heavy (non-hydrogen) atoms. The van der Waals surface area contributed by atoms with Crippen LogP contribution in [0.1, 0.15) is 0 Å². The summed E-state index contributed by atoms with van der Waals surface area (Å²) in [5, 5.41) is 0.593. The Bertz CT molecular complexity index is 600. The molecular weight excluding hydrogens is 280 g/mol. The van der Waals surface area contributed by atoms with E-state index in [-0.39, 0.29) is 6.79 Å². The molecule has 4 nitrogen and oxygen atoms in total. The largest absolute Gasteiger partial charge is 0.490 e. The molecule has 0 aliphatic carbocycles. The molecule has 0 aromatic heterocycles. The van der Waals surface area contributed by atoms with E-state index in [1.165, 1.54) is 0 Å². The van der Waals surface area contributed by atoms with Crippen molar-refractivity contribution in [3.05, 3.63) is 47.5 Å². The van der Waals surface area contributed by atoms with Crippen LogP contribution in [0.25, 0.3) is 0 Å². The fraction of sp³-hybridized carbons (Fsp3) is 0.200. The highest BCUT2D eigenvalue weighted by Gasteiger charge is 2.13. The van der Waals surface area contributed by atoms with Crippen LogP contribution in [-0.2, 0) is 0 Å². The summed E-state index contributed by atoms with van der Waals surface area (Å²) in [7, 11) is 0. The topological polar surface area (TPSA) is 36.9 Å². The van der Waals surface area contributed by atoms with E-state index < -0.39 is 0 Å². The maximum absolute atomic E-state index is 5.99. The minimum atomic E-state index is 0.258. The molecule has 1 aliphatic rings. The van der Waals surface area contributed by atoms with E-state index in [9.17, 15) is 0 Å². The van der Waals surface area contributed by atoms with Crippen LogP contribution in [0.5, 0.6) is 23.0 Å². The van der Waals surface area contributed by atoms with E-state index >= 15 is 0 Å². The van der Waals surface area contributed by atoms with Crippen molar-refractivity contribution in [2.75, 3.05) is 20.0 Å². The summed E-state index contributed by atoms with van der Waals surface area (Å²) in [4.78, 5) is 0. The van der Waals surface area contributed by atoms with Gasteiger partial charge >= 0.3 is 0 Å². The van der Waals surface area contributed by atoms with Crippen molar-refractivity contribution in [1.29, 1.82) is 0 Å². The highest BCUT2D eigenvalue weighted by molar-refractivity contribution is 6.32. The van der Waals surface area contributed by atoms with E-state index in [2.05, 4.69) is 0 Å². The Kier molecular flexibility index (Phi) is 3.83. The Labute approximate surface area is 121 Å². The van der Waals surface area contributed by atoms with Crippen LogP contribution in [0.4, 0.5) is 0 Å². The van der Waals surface area contributed by atoms with Gasteiger partial charge in [-0.25, -0.2) is 0 Å². The Morgan fingerprint density at radius 3 is 2.65 bits per heavy atom. The van der Waals surface area contributed by atoms with Gasteiger partial charge in [0.15, 0.2) is 11.5 Å². The Morgan fingerprint density at radius 2 is 1.75 bits per heavy atom. The van der Waals surface area contributed by atoms with Crippen molar-refractivity contribution in [3.63, 3.8) is 0 Å². The van der Waals surface area contributed by atoms with Crippen LogP contribution in [0, 0.1) is 0 Å². The Balaban J connectivity index is 1.49. The molecule has 0 saturated heterocycles. The molecule has 0 N–H and O–H groups in total. The van der Waals surface area contributed by atoms with Crippen molar-refractivity contribution >= 4 is 11.6 Å². The highest BCUT2D eigenvalue weighted by Crippen LogP contribution is 2.35. The molecule has 0 radical (unpaired) electrons. The molecule has 1 aliphatic heterocycles. The molecule has 2 aromatic rings. The number of halogens is 1. The third kappa shape index (κ3) is 2.91. The monoisotopic (exact) mass is 292 g/mol. The minimum Gasteiger partial charge on any atom is -0.490 e. The maximum Gasteiger partial charge on any atom is 0.231 e. The SMILES string of the molecule is Clc1ccccc1OCCOc1ccc2c(c1)OCO2. The fourth-order valence-corrected chi connectivity index (χ4v) is 2.03.